The third-order valence-electron chi connectivity index (χ3n) is 3.62. The van der Waals surface area contributed by atoms with Gasteiger partial charge in [0.2, 0.25) is 5.91 Å². The zero-order valence-electron chi connectivity index (χ0n) is 9.64. The van der Waals surface area contributed by atoms with E-state index in [-0.39, 0.29) is 11.3 Å². The standard InChI is InChI=1S/C12H20ClNO2/c13-8-12(5-6-12)9-14-11(15)4-3-10-2-1-7-16-10/h10H,1-9H2,(H,14,15). The molecule has 1 saturated carbocycles. The number of hydrogen-bond acceptors (Lipinski definition) is 2. The molecule has 1 heterocycles. The highest BCUT2D eigenvalue weighted by Gasteiger charge is 2.41. The summed E-state index contributed by atoms with van der Waals surface area (Å²) in [5.41, 5.74) is 0.223. The van der Waals surface area contributed by atoms with Crippen molar-refractivity contribution in [2.24, 2.45) is 5.41 Å². The molecular formula is C12H20ClNO2. The van der Waals surface area contributed by atoms with Crippen molar-refractivity contribution in [1.82, 2.24) is 5.32 Å². The molecule has 2 fully saturated rings. The molecule has 92 valence electrons. The molecule has 0 spiro atoms. The summed E-state index contributed by atoms with van der Waals surface area (Å²) >= 11 is 5.85. The van der Waals surface area contributed by atoms with E-state index in [1.165, 1.54) is 0 Å². The highest BCUT2D eigenvalue weighted by atomic mass is 35.5. The Morgan fingerprint density at radius 2 is 2.31 bits per heavy atom. The molecule has 4 heteroatoms. The van der Waals surface area contributed by atoms with Crippen LogP contribution in [-0.2, 0) is 9.53 Å². The maximum absolute atomic E-state index is 11.6. The molecule has 1 atom stereocenters. The molecule has 16 heavy (non-hydrogen) atoms. The van der Waals surface area contributed by atoms with Crippen LogP contribution in [0, 0.1) is 5.41 Å². The van der Waals surface area contributed by atoms with Crippen molar-refractivity contribution in [2.45, 2.75) is 44.6 Å². The SMILES string of the molecule is O=C(CCC1CCCO1)NCC1(CCl)CC1. The van der Waals surface area contributed by atoms with Gasteiger partial charge in [-0.1, -0.05) is 0 Å². The van der Waals surface area contributed by atoms with Gasteiger partial charge in [0.05, 0.1) is 6.10 Å². The summed E-state index contributed by atoms with van der Waals surface area (Å²) in [5.74, 6) is 0.811. The molecule has 0 aromatic carbocycles. The van der Waals surface area contributed by atoms with Crippen molar-refractivity contribution >= 4 is 17.5 Å². The van der Waals surface area contributed by atoms with Crippen LogP contribution in [0.1, 0.15) is 38.5 Å². The lowest BCUT2D eigenvalue weighted by Crippen LogP contribution is -2.31. The van der Waals surface area contributed by atoms with Crippen molar-refractivity contribution in [1.29, 1.82) is 0 Å². The number of carbonyl (C=O) groups excluding carboxylic acids is 1. The number of rotatable bonds is 6. The van der Waals surface area contributed by atoms with Crippen LogP contribution in [-0.4, -0.2) is 31.0 Å². The fraction of sp³-hybridized carbons (Fsp3) is 0.917. The highest BCUT2D eigenvalue weighted by molar-refractivity contribution is 6.18. The molecule has 2 aliphatic rings. The first kappa shape index (κ1) is 12.2. The van der Waals surface area contributed by atoms with Gasteiger partial charge in [0.1, 0.15) is 0 Å². The zero-order valence-corrected chi connectivity index (χ0v) is 10.4. The van der Waals surface area contributed by atoms with E-state index in [1.54, 1.807) is 0 Å². The average molecular weight is 246 g/mol. The lowest BCUT2D eigenvalue weighted by Gasteiger charge is -2.13. The summed E-state index contributed by atoms with van der Waals surface area (Å²) in [5, 5.41) is 2.98. The molecule has 1 amide bonds. The Morgan fingerprint density at radius 3 is 2.88 bits per heavy atom. The molecule has 3 nitrogen and oxygen atoms in total. The topological polar surface area (TPSA) is 38.3 Å². The van der Waals surface area contributed by atoms with Crippen LogP contribution < -0.4 is 5.32 Å². The smallest absolute Gasteiger partial charge is 0.220 e. The van der Waals surface area contributed by atoms with Crippen molar-refractivity contribution in [2.75, 3.05) is 19.0 Å². The van der Waals surface area contributed by atoms with Gasteiger partial charge in [0.15, 0.2) is 0 Å². The molecular weight excluding hydrogens is 226 g/mol. The Morgan fingerprint density at radius 1 is 1.50 bits per heavy atom. The van der Waals surface area contributed by atoms with Gasteiger partial charge in [0.25, 0.3) is 0 Å². The Labute approximate surface area is 102 Å². The predicted octanol–water partition coefficient (Wildman–Crippen LogP) is 2.08. The van der Waals surface area contributed by atoms with Crippen molar-refractivity contribution in [3.8, 4) is 0 Å². The summed E-state index contributed by atoms with van der Waals surface area (Å²) in [6, 6.07) is 0. The summed E-state index contributed by atoms with van der Waals surface area (Å²) in [6.07, 6.45) is 6.32. The van der Waals surface area contributed by atoms with Crippen LogP contribution in [0.4, 0.5) is 0 Å². The third-order valence-corrected chi connectivity index (χ3v) is 4.19. The maximum atomic E-state index is 11.6. The predicted molar refractivity (Wildman–Crippen MR) is 63.6 cm³/mol. The second-order valence-corrected chi connectivity index (χ2v) is 5.35. The molecule has 1 aliphatic heterocycles. The van der Waals surface area contributed by atoms with Crippen LogP contribution >= 0.6 is 11.6 Å². The maximum Gasteiger partial charge on any atom is 0.220 e. The summed E-state index contributed by atoms with van der Waals surface area (Å²) in [7, 11) is 0. The van der Waals surface area contributed by atoms with E-state index in [1.807, 2.05) is 0 Å². The number of ether oxygens (including phenoxy) is 1. The first-order valence-electron chi connectivity index (χ1n) is 6.18. The number of nitrogens with one attached hydrogen (secondary N) is 1. The van der Waals surface area contributed by atoms with E-state index in [2.05, 4.69) is 5.32 Å². The highest BCUT2D eigenvalue weighted by Crippen LogP contribution is 2.45. The minimum atomic E-state index is 0.145. The Kier molecular flexibility index (Phi) is 4.09. The van der Waals surface area contributed by atoms with Crippen molar-refractivity contribution < 1.29 is 9.53 Å². The van der Waals surface area contributed by atoms with Crippen LogP contribution in [0.2, 0.25) is 0 Å². The number of amides is 1. The molecule has 1 unspecified atom stereocenters. The molecule has 2 rings (SSSR count). The fourth-order valence-corrected chi connectivity index (χ4v) is 2.43. The van der Waals surface area contributed by atoms with Crippen LogP contribution in [0.5, 0.6) is 0 Å². The van der Waals surface area contributed by atoms with Gasteiger partial charge in [-0.25, -0.2) is 0 Å². The van der Waals surface area contributed by atoms with Gasteiger partial charge in [-0.15, -0.1) is 11.6 Å². The second kappa shape index (κ2) is 5.37. The van der Waals surface area contributed by atoms with E-state index < -0.39 is 0 Å². The fourth-order valence-electron chi connectivity index (χ4n) is 2.07. The number of carbonyl (C=O) groups is 1. The Bertz CT molecular complexity index is 247. The third kappa shape index (κ3) is 3.36. The van der Waals surface area contributed by atoms with Gasteiger partial charge in [-0.2, -0.15) is 0 Å². The summed E-state index contributed by atoms with van der Waals surface area (Å²) < 4.78 is 5.48. The van der Waals surface area contributed by atoms with Crippen molar-refractivity contribution in [3.63, 3.8) is 0 Å². The first-order valence-corrected chi connectivity index (χ1v) is 6.72. The average Bonchev–Trinajstić information content (AvgIpc) is 2.90. The Hall–Kier alpha value is -0.280. The van der Waals surface area contributed by atoms with E-state index in [9.17, 15) is 4.79 Å². The number of alkyl halides is 1. The molecule has 0 aromatic heterocycles. The van der Waals surface area contributed by atoms with Gasteiger partial charge >= 0.3 is 0 Å². The molecule has 1 saturated heterocycles. The van der Waals surface area contributed by atoms with Crippen molar-refractivity contribution in [3.05, 3.63) is 0 Å². The number of halogens is 1. The van der Waals surface area contributed by atoms with E-state index >= 15 is 0 Å². The van der Waals surface area contributed by atoms with Crippen LogP contribution in [0.15, 0.2) is 0 Å². The van der Waals surface area contributed by atoms with Crippen LogP contribution in [0.25, 0.3) is 0 Å². The molecule has 0 radical (unpaired) electrons. The lowest BCUT2D eigenvalue weighted by molar-refractivity contribution is -0.121. The minimum absolute atomic E-state index is 0.145. The molecule has 0 aromatic rings. The number of hydrogen-bond donors (Lipinski definition) is 1. The first-order chi connectivity index (χ1) is 7.74. The van der Waals surface area contributed by atoms with Gasteiger partial charge < -0.3 is 10.1 Å². The second-order valence-electron chi connectivity index (χ2n) is 5.08. The summed E-state index contributed by atoms with van der Waals surface area (Å²) in [6.45, 7) is 1.61. The molecule has 1 N–H and O–H groups in total. The van der Waals surface area contributed by atoms with Gasteiger partial charge in [0, 0.05) is 30.9 Å². The van der Waals surface area contributed by atoms with E-state index in [4.69, 9.17) is 16.3 Å². The van der Waals surface area contributed by atoms with Crippen LogP contribution in [0.3, 0.4) is 0 Å². The van der Waals surface area contributed by atoms with Gasteiger partial charge in [-0.05, 0) is 32.1 Å². The van der Waals surface area contributed by atoms with Gasteiger partial charge in [-0.3, -0.25) is 4.79 Å². The zero-order chi connectivity index (χ0) is 11.4. The Balaban J connectivity index is 1.57. The molecule has 0 bridgehead atoms. The quantitative estimate of drug-likeness (QED) is 0.728. The van der Waals surface area contributed by atoms with E-state index in [0.29, 0.717) is 18.4 Å². The monoisotopic (exact) mass is 245 g/mol. The molecule has 1 aliphatic carbocycles. The largest absolute Gasteiger partial charge is 0.378 e. The normalized spacial score (nSPS) is 26.7. The lowest BCUT2D eigenvalue weighted by atomic mass is 10.1. The minimum Gasteiger partial charge on any atom is -0.378 e. The summed E-state index contributed by atoms with van der Waals surface area (Å²) in [4.78, 5) is 11.6. The van der Waals surface area contributed by atoms with E-state index in [0.717, 1.165) is 45.3 Å².